The van der Waals surface area contributed by atoms with Crippen LogP contribution in [0.3, 0.4) is 0 Å². The van der Waals surface area contributed by atoms with Crippen molar-refractivity contribution in [2.75, 3.05) is 51.2 Å². The third-order valence-corrected chi connectivity index (χ3v) is 5.54. The van der Waals surface area contributed by atoms with Gasteiger partial charge in [0.15, 0.2) is 0 Å². The van der Waals surface area contributed by atoms with Crippen LogP contribution >= 0.6 is 0 Å². The number of hydrogen-bond donors (Lipinski definition) is 0. The van der Waals surface area contributed by atoms with Gasteiger partial charge in [0.05, 0.1) is 18.3 Å². The smallest absolute Gasteiger partial charge is 0.228 e. The maximum Gasteiger partial charge on any atom is 0.228 e. The molecule has 2 aromatic rings. The number of anilines is 1. The molecule has 0 saturated carbocycles. The first-order valence-corrected chi connectivity index (χ1v) is 9.74. The van der Waals surface area contributed by atoms with E-state index in [1.54, 1.807) is 12.4 Å². The number of piperazine rings is 1. The van der Waals surface area contributed by atoms with Crippen molar-refractivity contribution < 1.29 is 9.18 Å². The number of nitrogens with zero attached hydrogens (tertiary/aromatic N) is 6. The van der Waals surface area contributed by atoms with Crippen LogP contribution in [0.15, 0.2) is 24.7 Å². The molecule has 1 fully saturated rings. The van der Waals surface area contributed by atoms with E-state index in [1.165, 1.54) is 11.6 Å². The molecule has 4 rings (SSSR count). The summed E-state index contributed by atoms with van der Waals surface area (Å²) >= 11 is 0. The average Bonchev–Trinajstić information content (AvgIpc) is 2.93. The van der Waals surface area contributed by atoms with E-state index in [9.17, 15) is 9.18 Å². The van der Waals surface area contributed by atoms with Gasteiger partial charge in [-0.15, -0.1) is 0 Å². The Morgan fingerprint density at radius 2 is 1.82 bits per heavy atom. The summed E-state index contributed by atoms with van der Waals surface area (Å²) < 4.78 is 13.0. The number of likely N-dealkylation sites (N-methyl/N-ethyl adjacent to an activating group) is 1. The number of aromatic nitrogens is 3. The van der Waals surface area contributed by atoms with Gasteiger partial charge in [-0.3, -0.25) is 9.78 Å². The van der Waals surface area contributed by atoms with Gasteiger partial charge in [0, 0.05) is 56.9 Å². The molecule has 0 aliphatic carbocycles. The first kappa shape index (κ1) is 18.7. The van der Waals surface area contributed by atoms with Gasteiger partial charge < -0.3 is 14.7 Å². The Morgan fingerprint density at radius 3 is 2.57 bits per heavy atom. The standard InChI is InChI=1S/C20H25FN6O/c1-25-8-10-27(11-9-25)20-17-4-6-26(7-5-18(17)23-14-24-20)19(28)12-16-3-2-15(21)13-22-16/h2-3,13-14H,4-12H2,1H3. The predicted molar refractivity (Wildman–Crippen MR) is 104 cm³/mol. The van der Waals surface area contributed by atoms with Crippen LogP contribution in [0.4, 0.5) is 10.2 Å². The van der Waals surface area contributed by atoms with Crippen LogP contribution in [0.5, 0.6) is 0 Å². The molecule has 2 aliphatic heterocycles. The fraction of sp³-hybridized carbons (Fsp3) is 0.500. The molecule has 0 aromatic carbocycles. The molecular formula is C20H25FN6O. The predicted octanol–water partition coefficient (Wildman–Crippen LogP) is 0.932. The number of fused-ring (bicyclic) bond motifs is 1. The van der Waals surface area contributed by atoms with E-state index < -0.39 is 5.82 Å². The first-order chi connectivity index (χ1) is 13.6. The fourth-order valence-corrected chi connectivity index (χ4v) is 3.83. The molecule has 148 valence electrons. The van der Waals surface area contributed by atoms with Crippen molar-refractivity contribution >= 4 is 11.7 Å². The minimum Gasteiger partial charge on any atom is -0.354 e. The molecule has 1 saturated heterocycles. The van der Waals surface area contributed by atoms with Gasteiger partial charge >= 0.3 is 0 Å². The van der Waals surface area contributed by atoms with E-state index in [2.05, 4.69) is 31.8 Å². The Bertz CT molecular complexity index is 835. The van der Waals surface area contributed by atoms with Crippen molar-refractivity contribution in [1.82, 2.24) is 24.8 Å². The lowest BCUT2D eigenvalue weighted by atomic mass is 10.1. The summed E-state index contributed by atoms with van der Waals surface area (Å²) in [7, 11) is 2.14. The van der Waals surface area contributed by atoms with Gasteiger partial charge in [0.1, 0.15) is 18.0 Å². The SMILES string of the molecule is CN1CCN(c2ncnc3c2CCN(C(=O)Cc2ccc(F)cn2)CC3)CC1. The maximum absolute atomic E-state index is 13.0. The molecule has 0 bridgehead atoms. The van der Waals surface area contributed by atoms with Gasteiger partial charge in [0.25, 0.3) is 0 Å². The van der Waals surface area contributed by atoms with Crippen LogP contribution in [0.25, 0.3) is 0 Å². The summed E-state index contributed by atoms with van der Waals surface area (Å²) in [6.45, 7) is 5.23. The molecule has 0 radical (unpaired) electrons. The van der Waals surface area contributed by atoms with Gasteiger partial charge in [-0.25, -0.2) is 14.4 Å². The molecule has 0 atom stereocenters. The topological polar surface area (TPSA) is 65.5 Å². The van der Waals surface area contributed by atoms with Crippen LogP contribution in [-0.4, -0.2) is 77.0 Å². The number of rotatable bonds is 3. The summed E-state index contributed by atoms with van der Waals surface area (Å²) in [6.07, 6.45) is 4.46. The van der Waals surface area contributed by atoms with E-state index >= 15 is 0 Å². The second-order valence-electron chi connectivity index (χ2n) is 7.44. The third-order valence-electron chi connectivity index (χ3n) is 5.54. The molecule has 4 heterocycles. The third kappa shape index (κ3) is 4.11. The van der Waals surface area contributed by atoms with Gasteiger partial charge in [-0.1, -0.05) is 0 Å². The van der Waals surface area contributed by atoms with Crippen molar-refractivity contribution in [1.29, 1.82) is 0 Å². The highest BCUT2D eigenvalue weighted by atomic mass is 19.1. The number of amides is 1. The van der Waals surface area contributed by atoms with Crippen LogP contribution in [-0.2, 0) is 24.1 Å². The largest absolute Gasteiger partial charge is 0.354 e. The Hall–Kier alpha value is -2.61. The Morgan fingerprint density at radius 1 is 1.04 bits per heavy atom. The minimum atomic E-state index is -0.392. The minimum absolute atomic E-state index is 0.0148. The van der Waals surface area contributed by atoms with E-state index in [-0.39, 0.29) is 12.3 Å². The van der Waals surface area contributed by atoms with E-state index in [0.717, 1.165) is 56.7 Å². The van der Waals surface area contributed by atoms with Crippen molar-refractivity contribution in [3.8, 4) is 0 Å². The summed E-state index contributed by atoms with van der Waals surface area (Å²) in [5.74, 6) is 0.644. The first-order valence-electron chi connectivity index (χ1n) is 9.74. The monoisotopic (exact) mass is 384 g/mol. The second-order valence-corrected chi connectivity index (χ2v) is 7.44. The maximum atomic E-state index is 13.0. The van der Waals surface area contributed by atoms with E-state index in [0.29, 0.717) is 18.8 Å². The number of carbonyl (C=O) groups excluding carboxylic acids is 1. The molecule has 2 aromatic heterocycles. The lowest BCUT2D eigenvalue weighted by molar-refractivity contribution is -0.130. The number of hydrogen-bond acceptors (Lipinski definition) is 6. The highest BCUT2D eigenvalue weighted by molar-refractivity contribution is 5.78. The van der Waals surface area contributed by atoms with Crippen LogP contribution in [0, 0.1) is 5.82 Å². The van der Waals surface area contributed by atoms with E-state index in [4.69, 9.17) is 0 Å². The summed E-state index contributed by atoms with van der Waals surface area (Å²) in [4.78, 5) is 32.3. The molecule has 8 heteroatoms. The highest BCUT2D eigenvalue weighted by Crippen LogP contribution is 2.24. The number of pyridine rings is 1. The average molecular weight is 384 g/mol. The van der Waals surface area contributed by atoms with Gasteiger partial charge in [-0.2, -0.15) is 0 Å². The normalized spacial score (nSPS) is 17.9. The Kier molecular flexibility index (Phi) is 5.47. The number of carbonyl (C=O) groups is 1. The lowest BCUT2D eigenvalue weighted by Crippen LogP contribution is -2.45. The Balaban J connectivity index is 1.45. The number of halogens is 1. The van der Waals surface area contributed by atoms with Crippen molar-refractivity contribution in [3.63, 3.8) is 0 Å². The quantitative estimate of drug-likeness (QED) is 0.785. The molecule has 0 N–H and O–H groups in total. The second kappa shape index (κ2) is 8.18. The molecule has 2 aliphatic rings. The van der Waals surface area contributed by atoms with Crippen molar-refractivity contribution in [3.05, 3.63) is 47.4 Å². The Labute approximate surface area is 164 Å². The lowest BCUT2D eigenvalue weighted by Gasteiger charge is -2.34. The van der Waals surface area contributed by atoms with Crippen LogP contribution < -0.4 is 4.90 Å². The van der Waals surface area contributed by atoms with Gasteiger partial charge in [-0.05, 0) is 25.6 Å². The fourth-order valence-electron chi connectivity index (χ4n) is 3.83. The molecule has 28 heavy (non-hydrogen) atoms. The highest BCUT2D eigenvalue weighted by Gasteiger charge is 2.25. The summed E-state index contributed by atoms with van der Waals surface area (Å²) in [5, 5.41) is 0. The summed E-state index contributed by atoms with van der Waals surface area (Å²) in [5.41, 5.74) is 2.80. The zero-order valence-electron chi connectivity index (χ0n) is 16.1. The molecule has 7 nitrogen and oxygen atoms in total. The van der Waals surface area contributed by atoms with Crippen LogP contribution in [0.2, 0.25) is 0 Å². The molecule has 1 amide bonds. The van der Waals surface area contributed by atoms with Crippen LogP contribution in [0.1, 0.15) is 17.0 Å². The molecule has 0 spiro atoms. The van der Waals surface area contributed by atoms with Crippen molar-refractivity contribution in [2.45, 2.75) is 19.3 Å². The molecular weight excluding hydrogens is 359 g/mol. The zero-order chi connectivity index (χ0) is 19.5. The van der Waals surface area contributed by atoms with Gasteiger partial charge in [0.2, 0.25) is 5.91 Å². The van der Waals surface area contributed by atoms with E-state index in [1.807, 2.05) is 4.90 Å². The summed E-state index contributed by atoms with van der Waals surface area (Å²) in [6, 6.07) is 2.91. The van der Waals surface area contributed by atoms with Crippen molar-refractivity contribution in [2.24, 2.45) is 0 Å². The molecule has 0 unspecified atom stereocenters. The zero-order valence-corrected chi connectivity index (χ0v) is 16.1.